The molecule has 1 aliphatic heterocycles. The largest absolute Gasteiger partial charge is 0.494 e. The van der Waals surface area contributed by atoms with Gasteiger partial charge in [-0.3, -0.25) is 0 Å². The molecule has 0 saturated carbocycles. The topological polar surface area (TPSA) is 42.5 Å². The molecule has 1 unspecified atom stereocenters. The zero-order chi connectivity index (χ0) is 16.2. The van der Waals surface area contributed by atoms with Crippen molar-refractivity contribution < 1.29 is 9.47 Å². The Morgan fingerprint density at radius 3 is 3.00 bits per heavy atom. The van der Waals surface area contributed by atoms with Gasteiger partial charge in [0.15, 0.2) is 0 Å². The van der Waals surface area contributed by atoms with Crippen LogP contribution < -0.4 is 15.4 Å². The zero-order valence-corrected chi connectivity index (χ0v) is 14.5. The molecule has 0 bridgehead atoms. The summed E-state index contributed by atoms with van der Waals surface area (Å²) >= 11 is 0. The summed E-state index contributed by atoms with van der Waals surface area (Å²) in [6.07, 6.45) is 7.76. The molecule has 1 aromatic rings. The molecular formula is C19H32N2O2. The summed E-state index contributed by atoms with van der Waals surface area (Å²) in [4.78, 5) is 0. The summed E-state index contributed by atoms with van der Waals surface area (Å²) in [5, 5.41) is 6.89. The maximum absolute atomic E-state index is 5.82. The van der Waals surface area contributed by atoms with Gasteiger partial charge in [-0.2, -0.15) is 0 Å². The van der Waals surface area contributed by atoms with Crippen molar-refractivity contribution in [1.82, 2.24) is 5.32 Å². The number of ether oxygens (including phenoxy) is 2. The molecule has 0 aromatic heterocycles. The Morgan fingerprint density at radius 1 is 1.22 bits per heavy atom. The van der Waals surface area contributed by atoms with E-state index in [0.29, 0.717) is 6.10 Å². The van der Waals surface area contributed by atoms with Crippen LogP contribution >= 0.6 is 0 Å². The quantitative estimate of drug-likeness (QED) is 0.575. The highest BCUT2D eigenvalue weighted by Crippen LogP contribution is 2.17. The van der Waals surface area contributed by atoms with E-state index in [1.165, 1.54) is 32.1 Å². The fourth-order valence-corrected chi connectivity index (χ4v) is 2.78. The molecule has 1 aliphatic rings. The first-order chi connectivity index (χ1) is 11.4. The average molecular weight is 320 g/mol. The Balaban J connectivity index is 1.56. The highest BCUT2D eigenvalue weighted by Gasteiger charge is 2.13. The first-order valence-corrected chi connectivity index (χ1v) is 9.17. The first kappa shape index (κ1) is 18.1. The molecular weight excluding hydrogens is 288 g/mol. The lowest BCUT2D eigenvalue weighted by Gasteiger charge is -2.12. The van der Waals surface area contributed by atoms with Gasteiger partial charge in [0.1, 0.15) is 5.75 Å². The summed E-state index contributed by atoms with van der Waals surface area (Å²) < 4.78 is 11.4. The van der Waals surface area contributed by atoms with Crippen LogP contribution in [0.1, 0.15) is 45.4 Å². The van der Waals surface area contributed by atoms with Gasteiger partial charge in [-0.25, -0.2) is 0 Å². The molecule has 0 spiro atoms. The second-order valence-electron chi connectivity index (χ2n) is 6.20. The van der Waals surface area contributed by atoms with E-state index in [1.54, 1.807) is 0 Å². The number of hydrogen-bond donors (Lipinski definition) is 2. The van der Waals surface area contributed by atoms with E-state index in [0.717, 1.165) is 50.7 Å². The lowest BCUT2D eigenvalue weighted by atomic mass is 10.2. The van der Waals surface area contributed by atoms with Crippen molar-refractivity contribution in [2.75, 3.05) is 38.2 Å². The predicted octanol–water partition coefficient (Wildman–Crippen LogP) is 3.83. The van der Waals surface area contributed by atoms with Gasteiger partial charge in [0.25, 0.3) is 0 Å². The minimum Gasteiger partial charge on any atom is -0.494 e. The van der Waals surface area contributed by atoms with Crippen LogP contribution in [0.5, 0.6) is 5.75 Å². The monoisotopic (exact) mass is 320 g/mol. The third-order valence-corrected chi connectivity index (χ3v) is 4.13. The van der Waals surface area contributed by atoms with Crippen molar-refractivity contribution in [2.24, 2.45) is 0 Å². The van der Waals surface area contributed by atoms with Crippen molar-refractivity contribution in [3.05, 3.63) is 24.3 Å². The fraction of sp³-hybridized carbons (Fsp3) is 0.684. The number of unbranched alkanes of at least 4 members (excludes halogenated alkanes) is 3. The summed E-state index contributed by atoms with van der Waals surface area (Å²) in [5.74, 6) is 0.957. The number of hydrogen-bond acceptors (Lipinski definition) is 4. The van der Waals surface area contributed by atoms with Gasteiger partial charge in [-0.05, 0) is 31.4 Å². The van der Waals surface area contributed by atoms with E-state index in [-0.39, 0.29) is 0 Å². The van der Waals surface area contributed by atoms with E-state index in [2.05, 4.69) is 29.7 Å². The molecule has 2 rings (SSSR count). The first-order valence-electron chi connectivity index (χ1n) is 9.17. The van der Waals surface area contributed by atoms with Crippen LogP contribution in [-0.4, -0.2) is 39.0 Å². The zero-order valence-electron chi connectivity index (χ0n) is 14.5. The Morgan fingerprint density at radius 2 is 2.17 bits per heavy atom. The average Bonchev–Trinajstić information content (AvgIpc) is 3.08. The summed E-state index contributed by atoms with van der Waals surface area (Å²) in [5.41, 5.74) is 1.12. The molecule has 23 heavy (non-hydrogen) atoms. The second kappa shape index (κ2) is 11.3. The lowest BCUT2D eigenvalue weighted by Crippen LogP contribution is -2.30. The van der Waals surface area contributed by atoms with Gasteiger partial charge in [-0.15, -0.1) is 0 Å². The molecule has 4 nitrogen and oxygen atoms in total. The van der Waals surface area contributed by atoms with Crippen LogP contribution in [0.25, 0.3) is 0 Å². The summed E-state index contributed by atoms with van der Waals surface area (Å²) in [6, 6.07) is 8.24. The SMILES string of the molecule is CCCCCCOc1cccc(NCCNCC2CCCO2)c1. The minimum absolute atomic E-state index is 0.416. The molecule has 1 atom stereocenters. The normalized spacial score (nSPS) is 17.3. The van der Waals surface area contributed by atoms with Crippen molar-refractivity contribution in [3.8, 4) is 5.75 Å². The molecule has 1 saturated heterocycles. The van der Waals surface area contributed by atoms with Gasteiger partial charge in [-0.1, -0.05) is 32.3 Å². The highest BCUT2D eigenvalue weighted by molar-refractivity contribution is 5.48. The maximum Gasteiger partial charge on any atom is 0.121 e. The van der Waals surface area contributed by atoms with Crippen molar-refractivity contribution in [1.29, 1.82) is 0 Å². The molecule has 0 amide bonds. The van der Waals surface area contributed by atoms with Crippen LogP contribution in [-0.2, 0) is 4.74 Å². The van der Waals surface area contributed by atoms with Crippen LogP contribution in [0, 0.1) is 0 Å². The standard InChI is InChI=1S/C19H32N2O2/c1-2-3-4-5-13-22-18-9-6-8-17(15-18)21-12-11-20-16-19-10-7-14-23-19/h6,8-9,15,19-21H,2-5,7,10-14,16H2,1H3. The van der Waals surface area contributed by atoms with Gasteiger partial charge >= 0.3 is 0 Å². The van der Waals surface area contributed by atoms with E-state index in [4.69, 9.17) is 9.47 Å². The third-order valence-electron chi connectivity index (χ3n) is 4.13. The van der Waals surface area contributed by atoms with Crippen LogP contribution in [0.2, 0.25) is 0 Å². The van der Waals surface area contributed by atoms with Crippen molar-refractivity contribution in [2.45, 2.75) is 51.6 Å². The van der Waals surface area contributed by atoms with Crippen molar-refractivity contribution in [3.63, 3.8) is 0 Å². The second-order valence-corrected chi connectivity index (χ2v) is 6.20. The van der Waals surface area contributed by atoms with Gasteiger partial charge in [0.05, 0.1) is 12.7 Å². The molecule has 2 N–H and O–H groups in total. The Hall–Kier alpha value is -1.26. The van der Waals surface area contributed by atoms with Gasteiger partial charge in [0, 0.05) is 38.0 Å². The Labute approximate surface area is 140 Å². The van der Waals surface area contributed by atoms with Gasteiger partial charge < -0.3 is 20.1 Å². The van der Waals surface area contributed by atoms with E-state index in [1.807, 2.05) is 12.1 Å². The molecule has 1 heterocycles. The molecule has 4 heteroatoms. The van der Waals surface area contributed by atoms with Crippen LogP contribution in [0.3, 0.4) is 0 Å². The van der Waals surface area contributed by atoms with Crippen LogP contribution in [0.15, 0.2) is 24.3 Å². The molecule has 130 valence electrons. The minimum atomic E-state index is 0.416. The maximum atomic E-state index is 5.82. The molecule has 1 fully saturated rings. The summed E-state index contributed by atoms with van der Waals surface area (Å²) in [6.45, 7) is 6.78. The number of anilines is 1. The third kappa shape index (κ3) is 7.71. The Bertz CT molecular complexity index is 420. The van der Waals surface area contributed by atoms with E-state index in [9.17, 15) is 0 Å². The van der Waals surface area contributed by atoms with Gasteiger partial charge in [0.2, 0.25) is 0 Å². The predicted molar refractivity (Wildman–Crippen MR) is 96.4 cm³/mol. The molecule has 0 radical (unpaired) electrons. The van der Waals surface area contributed by atoms with Crippen molar-refractivity contribution >= 4 is 5.69 Å². The fourth-order valence-electron chi connectivity index (χ4n) is 2.78. The molecule has 0 aliphatic carbocycles. The van der Waals surface area contributed by atoms with E-state index < -0.39 is 0 Å². The number of nitrogens with one attached hydrogen (secondary N) is 2. The number of rotatable bonds is 12. The Kier molecular flexibility index (Phi) is 8.89. The number of benzene rings is 1. The van der Waals surface area contributed by atoms with Crippen LogP contribution in [0.4, 0.5) is 5.69 Å². The van der Waals surface area contributed by atoms with E-state index >= 15 is 0 Å². The lowest BCUT2D eigenvalue weighted by molar-refractivity contribution is 0.110. The molecule has 1 aromatic carbocycles. The highest BCUT2D eigenvalue weighted by atomic mass is 16.5. The summed E-state index contributed by atoms with van der Waals surface area (Å²) in [7, 11) is 0. The smallest absolute Gasteiger partial charge is 0.121 e.